The topological polar surface area (TPSA) is 82.9 Å². The molecular formula is C23H20F3N5O. The van der Waals surface area contributed by atoms with Crippen LogP contribution in [0.4, 0.5) is 36.3 Å². The molecule has 3 aromatic rings. The van der Waals surface area contributed by atoms with Gasteiger partial charge in [-0.2, -0.15) is 23.4 Å². The molecule has 1 aliphatic carbocycles. The Labute approximate surface area is 183 Å². The second-order valence-corrected chi connectivity index (χ2v) is 7.44. The molecule has 6 nitrogen and oxygen atoms in total. The van der Waals surface area contributed by atoms with E-state index in [1.165, 1.54) is 0 Å². The number of rotatable bonds is 6. The molecule has 2 N–H and O–H groups in total. The molecule has 1 aromatic heterocycles. The Bertz CT molecular complexity index is 1120. The fraction of sp³-hybridized carbons (Fsp3) is 0.261. The van der Waals surface area contributed by atoms with E-state index in [0.717, 1.165) is 31.9 Å². The number of hydrogen-bond acceptors (Lipinski definition) is 6. The molecule has 0 radical (unpaired) electrons. The minimum Gasteiger partial charge on any atom is -0.490 e. The van der Waals surface area contributed by atoms with E-state index in [1.807, 2.05) is 6.07 Å². The van der Waals surface area contributed by atoms with E-state index in [9.17, 15) is 13.2 Å². The van der Waals surface area contributed by atoms with Gasteiger partial charge in [-0.3, -0.25) is 0 Å². The predicted octanol–water partition coefficient (Wildman–Crippen LogP) is 6.18. The summed E-state index contributed by atoms with van der Waals surface area (Å²) in [4.78, 5) is 7.85. The van der Waals surface area contributed by atoms with Crippen LogP contribution in [0.25, 0.3) is 0 Å². The summed E-state index contributed by atoms with van der Waals surface area (Å²) >= 11 is 0. The number of benzene rings is 2. The highest BCUT2D eigenvalue weighted by Crippen LogP contribution is 2.36. The van der Waals surface area contributed by atoms with E-state index in [0.29, 0.717) is 22.7 Å². The normalized spacial score (nSPS) is 14.1. The van der Waals surface area contributed by atoms with E-state index < -0.39 is 11.7 Å². The zero-order valence-electron chi connectivity index (χ0n) is 17.0. The summed E-state index contributed by atoms with van der Waals surface area (Å²) in [5, 5.41) is 14.5. The fourth-order valence-corrected chi connectivity index (χ4v) is 3.48. The molecule has 32 heavy (non-hydrogen) atoms. The maximum Gasteiger partial charge on any atom is 0.421 e. The van der Waals surface area contributed by atoms with Crippen LogP contribution in [0.3, 0.4) is 0 Å². The van der Waals surface area contributed by atoms with Crippen molar-refractivity contribution in [2.75, 3.05) is 10.6 Å². The Balaban J connectivity index is 1.58. The first-order chi connectivity index (χ1) is 15.4. The number of alkyl halides is 3. The molecule has 2 aromatic carbocycles. The van der Waals surface area contributed by atoms with Gasteiger partial charge in [0.2, 0.25) is 5.95 Å². The number of ether oxygens (including phenoxy) is 1. The van der Waals surface area contributed by atoms with Crippen molar-refractivity contribution in [1.82, 2.24) is 9.97 Å². The van der Waals surface area contributed by atoms with Gasteiger partial charge in [0.1, 0.15) is 17.1 Å². The van der Waals surface area contributed by atoms with Gasteiger partial charge in [-0.1, -0.05) is 6.07 Å². The van der Waals surface area contributed by atoms with Crippen molar-refractivity contribution in [2.24, 2.45) is 0 Å². The number of hydrogen-bond donors (Lipinski definition) is 2. The highest BCUT2D eigenvalue weighted by Gasteiger charge is 2.35. The summed E-state index contributed by atoms with van der Waals surface area (Å²) in [5.41, 5.74) is 0.451. The Kier molecular flexibility index (Phi) is 6.12. The van der Waals surface area contributed by atoms with Crippen LogP contribution in [0.1, 0.15) is 36.8 Å². The fourth-order valence-electron chi connectivity index (χ4n) is 3.48. The predicted molar refractivity (Wildman–Crippen MR) is 114 cm³/mol. The van der Waals surface area contributed by atoms with Crippen molar-refractivity contribution >= 4 is 23.1 Å². The van der Waals surface area contributed by atoms with Crippen LogP contribution in [0, 0.1) is 11.3 Å². The molecule has 164 valence electrons. The molecule has 9 heteroatoms. The third-order valence-corrected chi connectivity index (χ3v) is 5.07. The van der Waals surface area contributed by atoms with Gasteiger partial charge in [-0.25, -0.2) is 4.98 Å². The number of nitriles is 1. The van der Waals surface area contributed by atoms with Gasteiger partial charge >= 0.3 is 6.18 Å². The first-order valence-corrected chi connectivity index (χ1v) is 10.2. The molecule has 4 rings (SSSR count). The minimum atomic E-state index is -4.63. The van der Waals surface area contributed by atoms with Gasteiger partial charge in [0.25, 0.3) is 0 Å². The molecule has 1 aliphatic rings. The molecule has 1 heterocycles. The summed E-state index contributed by atoms with van der Waals surface area (Å²) in [6, 6.07) is 15.2. The van der Waals surface area contributed by atoms with Gasteiger partial charge in [-0.15, -0.1) is 0 Å². The zero-order valence-corrected chi connectivity index (χ0v) is 17.0. The van der Waals surface area contributed by atoms with Crippen molar-refractivity contribution < 1.29 is 17.9 Å². The van der Waals surface area contributed by atoms with E-state index in [1.54, 1.807) is 48.5 Å². The van der Waals surface area contributed by atoms with Crippen molar-refractivity contribution in [2.45, 2.75) is 38.0 Å². The SMILES string of the molecule is N#Cc1ccc(Nc2ncc(C(F)(F)F)c(Nc3cccc(OC4CCCC4)c3)n2)cc1. The molecular weight excluding hydrogens is 419 g/mol. The molecule has 0 aliphatic heterocycles. The Hall–Kier alpha value is -3.80. The molecule has 0 atom stereocenters. The van der Waals surface area contributed by atoms with Crippen LogP contribution in [-0.4, -0.2) is 16.1 Å². The number of aromatic nitrogens is 2. The van der Waals surface area contributed by atoms with Gasteiger partial charge in [0.05, 0.1) is 17.7 Å². The zero-order chi connectivity index (χ0) is 22.6. The third kappa shape index (κ3) is 5.27. The molecule has 1 fully saturated rings. The standard InChI is InChI=1S/C23H20F3N5O/c24-23(25,26)20-14-28-22(30-16-10-8-15(13-27)9-11-16)31-21(20)29-17-4-3-7-19(12-17)32-18-5-1-2-6-18/h3-4,7-12,14,18H,1-2,5-6H2,(H2,28,29,30,31). The van der Waals surface area contributed by atoms with Crippen LogP contribution in [0.15, 0.2) is 54.7 Å². The maximum absolute atomic E-state index is 13.5. The van der Waals surface area contributed by atoms with Crippen LogP contribution in [-0.2, 0) is 6.18 Å². The third-order valence-electron chi connectivity index (χ3n) is 5.07. The Morgan fingerprint density at radius 2 is 1.75 bits per heavy atom. The smallest absolute Gasteiger partial charge is 0.421 e. The second-order valence-electron chi connectivity index (χ2n) is 7.44. The number of halogens is 3. The quantitative estimate of drug-likeness (QED) is 0.478. The van der Waals surface area contributed by atoms with Crippen LogP contribution in [0.5, 0.6) is 5.75 Å². The molecule has 1 saturated carbocycles. The average molecular weight is 439 g/mol. The molecule has 0 unspecified atom stereocenters. The van der Waals surface area contributed by atoms with Crippen molar-refractivity contribution in [3.63, 3.8) is 0 Å². The van der Waals surface area contributed by atoms with E-state index >= 15 is 0 Å². The van der Waals surface area contributed by atoms with Crippen molar-refractivity contribution in [3.8, 4) is 11.8 Å². The van der Waals surface area contributed by atoms with Crippen molar-refractivity contribution in [1.29, 1.82) is 5.26 Å². The maximum atomic E-state index is 13.5. The lowest BCUT2D eigenvalue weighted by molar-refractivity contribution is -0.137. The molecule has 0 amide bonds. The highest BCUT2D eigenvalue weighted by molar-refractivity contribution is 5.64. The highest BCUT2D eigenvalue weighted by atomic mass is 19.4. The van der Waals surface area contributed by atoms with Gasteiger partial charge in [0, 0.05) is 23.6 Å². The number of anilines is 4. The van der Waals surface area contributed by atoms with Gasteiger partial charge < -0.3 is 15.4 Å². The monoisotopic (exact) mass is 439 g/mol. The number of nitrogens with one attached hydrogen (secondary N) is 2. The largest absolute Gasteiger partial charge is 0.490 e. The van der Waals surface area contributed by atoms with Crippen LogP contribution in [0.2, 0.25) is 0 Å². The minimum absolute atomic E-state index is 0.0106. The van der Waals surface area contributed by atoms with E-state index in [4.69, 9.17) is 10.00 Å². The van der Waals surface area contributed by atoms with Gasteiger partial charge in [-0.05, 0) is 62.1 Å². The molecule has 0 spiro atoms. The van der Waals surface area contributed by atoms with Crippen LogP contribution >= 0.6 is 0 Å². The van der Waals surface area contributed by atoms with Crippen molar-refractivity contribution in [3.05, 3.63) is 65.9 Å². The second kappa shape index (κ2) is 9.14. The van der Waals surface area contributed by atoms with E-state index in [-0.39, 0.29) is 17.9 Å². The number of nitrogens with zero attached hydrogens (tertiary/aromatic N) is 3. The lowest BCUT2D eigenvalue weighted by Crippen LogP contribution is -2.13. The summed E-state index contributed by atoms with van der Waals surface area (Å²) in [6.07, 6.45) is 0.436. The summed E-state index contributed by atoms with van der Waals surface area (Å²) in [5.74, 6) is 0.214. The van der Waals surface area contributed by atoms with Crippen LogP contribution < -0.4 is 15.4 Å². The molecule has 0 bridgehead atoms. The lowest BCUT2D eigenvalue weighted by atomic mass is 10.2. The van der Waals surface area contributed by atoms with Gasteiger partial charge in [0.15, 0.2) is 0 Å². The Morgan fingerprint density at radius 3 is 2.44 bits per heavy atom. The average Bonchev–Trinajstić information content (AvgIpc) is 3.27. The lowest BCUT2D eigenvalue weighted by Gasteiger charge is -2.16. The summed E-state index contributed by atoms with van der Waals surface area (Å²) in [6.45, 7) is 0. The first kappa shape index (κ1) is 21.4. The summed E-state index contributed by atoms with van der Waals surface area (Å²) in [7, 11) is 0. The summed E-state index contributed by atoms with van der Waals surface area (Å²) < 4.78 is 46.6. The molecule has 0 saturated heterocycles. The Morgan fingerprint density at radius 1 is 1.00 bits per heavy atom. The van der Waals surface area contributed by atoms with E-state index in [2.05, 4.69) is 20.6 Å². The first-order valence-electron chi connectivity index (χ1n) is 10.2.